The molecule has 0 fully saturated rings. The second kappa shape index (κ2) is 6.83. The molecule has 2 heterocycles. The van der Waals surface area contributed by atoms with E-state index in [1.165, 1.54) is 18.3 Å². The minimum atomic E-state index is -0.385. The Balaban J connectivity index is 0.00000182. The van der Waals surface area contributed by atoms with Gasteiger partial charge in [0.2, 0.25) is 0 Å². The molecule has 0 saturated heterocycles. The molecule has 0 radical (unpaired) electrons. The van der Waals surface area contributed by atoms with Crippen LogP contribution in [0.2, 0.25) is 0 Å². The van der Waals surface area contributed by atoms with Gasteiger partial charge in [-0.05, 0) is 30.3 Å². The lowest BCUT2D eigenvalue weighted by Crippen LogP contribution is -2.15. The molecule has 126 valence electrons. The lowest BCUT2D eigenvalue weighted by atomic mass is 10.1. The van der Waals surface area contributed by atoms with E-state index in [1.54, 1.807) is 18.2 Å². The minimum absolute atomic E-state index is 0. The van der Waals surface area contributed by atoms with Crippen LogP contribution < -0.4 is 14.8 Å². The zero-order valence-electron chi connectivity index (χ0n) is 13.0. The van der Waals surface area contributed by atoms with Crippen LogP contribution in [0.25, 0.3) is 10.9 Å². The molecule has 4 rings (SSSR count). The summed E-state index contributed by atoms with van der Waals surface area (Å²) in [4.78, 5) is 4.19. The third kappa shape index (κ3) is 3.14. The highest BCUT2D eigenvalue weighted by Crippen LogP contribution is 2.35. The van der Waals surface area contributed by atoms with Crippen molar-refractivity contribution in [2.75, 3.05) is 18.5 Å². The lowest BCUT2D eigenvalue weighted by molar-refractivity contribution is 0.171. The van der Waals surface area contributed by atoms with Crippen LogP contribution in [0.3, 0.4) is 0 Å². The topological polar surface area (TPSA) is 67.2 Å². The second-order valence-corrected chi connectivity index (χ2v) is 5.30. The molecule has 1 aliphatic rings. The van der Waals surface area contributed by atoms with Crippen molar-refractivity contribution < 1.29 is 13.9 Å². The van der Waals surface area contributed by atoms with Crippen LogP contribution in [0.5, 0.6) is 11.5 Å². The monoisotopic (exact) mass is 357 g/mol. The predicted octanol–water partition coefficient (Wildman–Crippen LogP) is 4.18. The summed E-state index contributed by atoms with van der Waals surface area (Å²) in [6.45, 7) is 1.01. The van der Waals surface area contributed by atoms with E-state index in [0.717, 1.165) is 0 Å². The van der Waals surface area contributed by atoms with Crippen LogP contribution in [0.1, 0.15) is 5.56 Å². The summed E-state index contributed by atoms with van der Waals surface area (Å²) in [7, 11) is 0. The Kier molecular flexibility index (Phi) is 4.59. The summed E-state index contributed by atoms with van der Waals surface area (Å²) in [5.41, 5.74) is 2.17. The van der Waals surface area contributed by atoms with Gasteiger partial charge in [0.25, 0.3) is 0 Å². The van der Waals surface area contributed by atoms with Crippen LogP contribution in [0.15, 0.2) is 42.6 Å². The van der Waals surface area contributed by atoms with E-state index in [4.69, 9.17) is 9.47 Å². The number of halogens is 2. The van der Waals surface area contributed by atoms with Gasteiger partial charge in [-0.1, -0.05) is 0 Å². The molecule has 0 spiro atoms. The van der Waals surface area contributed by atoms with Crippen molar-refractivity contribution in [2.45, 2.75) is 0 Å². The van der Waals surface area contributed by atoms with Gasteiger partial charge in [0.1, 0.15) is 25.1 Å². The quantitative estimate of drug-likeness (QED) is 0.745. The fraction of sp³-hybridized carbons (Fsp3) is 0.111. The van der Waals surface area contributed by atoms with E-state index in [-0.39, 0.29) is 18.2 Å². The molecule has 7 heteroatoms. The lowest BCUT2D eigenvalue weighted by Gasteiger charge is -2.19. The standard InChI is InChI=1S/C18H12FN3O2.ClH/c19-12-1-3-15-14(7-12)18(11(9-20)10-21-15)22-13-2-4-16-17(8-13)24-6-5-23-16;/h1-4,7-8,10H,5-6H2,(H,21,22);1H. The van der Waals surface area contributed by atoms with Gasteiger partial charge in [-0.15, -0.1) is 12.4 Å². The number of nitriles is 1. The number of ether oxygens (including phenoxy) is 2. The molecule has 0 amide bonds. The number of rotatable bonds is 2. The molecular formula is C18H13ClFN3O2. The molecule has 0 saturated carbocycles. The number of fused-ring (bicyclic) bond motifs is 2. The molecule has 25 heavy (non-hydrogen) atoms. The van der Waals surface area contributed by atoms with Crippen molar-refractivity contribution in [3.8, 4) is 17.6 Å². The Labute approximate surface area is 149 Å². The average Bonchev–Trinajstić information content (AvgIpc) is 2.62. The van der Waals surface area contributed by atoms with E-state index in [1.807, 2.05) is 6.07 Å². The first-order valence-electron chi connectivity index (χ1n) is 7.39. The zero-order valence-corrected chi connectivity index (χ0v) is 13.8. The maximum Gasteiger partial charge on any atom is 0.163 e. The van der Waals surface area contributed by atoms with Crippen molar-refractivity contribution in [3.63, 3.8) is 0 Å². The van der Waals surface area contributed by atoms with Crippen LogP contribution in [-0.2, 0) is 0 Å². The summed E-state index contributed by atoms with van der Waals surface area (Å²) in [5.74, 6) is 0.928. The molecule has 0 aliphatic carbocycles. The Bertz CT molecular complexity index is 988. The molecule has 0 atom stereocenters. The minimum Gasteiger partial charge on any atom is -0.486 e. The number of nitrogens with one attached hydrogen (secondary N) is 1. The number of benzene rings is 2. The first-order chi connectivity index (χ1) is 11.7. The maximum atomic E-state index is 13.6. The zero-order chi connectivity index (χ0) is 16.5. The third-order valence-electron chi connectivity index (χ3n) is 3.76. The highest BCUT2D eigenvalue weighted by molar-refractivity contribution is 5.95. The fourth-order valence-electron chi connectivity index (χ4n) is 2.65. The number of hydrogen-bond donors (Lipinski definition) is 1. The van der Waals surface area contributed by atoms with Crippen molar-refractivity contribution in [2.24, 2.45) is 0 Å². The van der Waals surface area contributed by atoms with Gasteiger partial charge in [-0.25, -0.2) is 4.39 Å². The van der Waals surface area contributed by atoms with Crippen molar-refractivity contribution in [1.29, 1.82) is 5.26 Å². The molecular weight excluding hydrogens is 345 g/mol. The van der Waals surface area contributed by atoms with E-state index in [2.05, 4.69) is 16.4 Å². The summed E-state index contributed by atoms with van der Waals surface area (Å²) >= 11 is 0. The maximum absolute atomic E-state index is 13.6. The third-order valence-corrected chi connectivity index (χ3v) is 3.76. The molecule has 1 aromatic heterocycles. The Morgan fingerprint density at radius 1 is 1.08 bits per heavy atom. The van der Waals surface area contributed by atoms with Gasteiger partial charge < -0.3 is 14.8 Å². The van der Waals surface area contributed by atoms with Crippen LogP contribution in [0, 0.1) is 17.1 Å². The average molecular weight is 358 g/mol. The molecule has 1 aliphatic heterocycles. The van der Waals surface area contributed by atoms with Crippen molar-refractivity contribution in [3.05, 3.63) is 54.0 Å². The van der Waals surface area contributed by atoms with Gasteiger partial charge in [-0.2, -0.15) is 5.26 Å². The highest BCUT2D eigenvalue weighted by Gasteiger charge is 2.14. The predicted molar refractivity (Wildman–Crippen MR) is 94.4 cm³/mol. The fourth-order valence-corrected chi connectivity index (χ4v) is 2.65. The SMILES string of the molecule is Cl.N#Cc1cnc2ccc(F)cc2c1Nc1ccc2c(c1)OCCO2. The van der Waals surface area contributed by atoms with Gasteiger partial charge in [0, 0.05) is 23.3 Å². The summed E-state index contributed by atoms with van der Waals surface area (Å²) in [6, 6.07) is 11.8. The van der Waals surface area contributed by atoms with Crippen LogP contribution in [0.4, 0.5) is 15.8 Å². The molecule has 5 nitrogen and oxygen atoms in total. The Hall–Kier alpha value is -3.04. The van der Waals surface area contributed by atoms with Gasteiger partial charge >= 0.3 is 0 Å². The highest BCUT2D eigenvalue weighted by atomic mass is 35.5. The van der Waals surface area contributed by atoms with E-state index < -0.39 is 0 Å². The number of nitrogens with zero attached hydrogens (tertiary/aromatic N) is 2. The molecule has 2 aromatic carbocycles. The van der Waals surface area contributed by atoms with Gasteiger partial charge in [0.05, 0.1) is 16.8 Å². The molecule has 0 bridgehead atoms. The first-order valence-corrected chi connectivity index (χ1v) is 7.39. The Morgan fingerprint density at radius 2 is 1.88 bits per heavy atom. The first kappa shape index (κ1) is 16.8. The number of anilines is 2. The molecule has 1 N–H and O–H groups in total. The number of aromatic nitrogens is 1. The van der Waals surface area contributed by atoms with Crippen molar-refractivity contribution in [1.82, 2.24) is 4.98 Å². The van der Waals surface area contributed by atoms with Gasteiger partial charge in [0.15, 0.2) is 11.5 Å². The molecule has 3 aromatic rings. The van der Waals surface area contributed by atoms with E-state index in [9.17, 15) is 9.65 Å². The van der Waals surface area contributed by atoms with E-state index >= 15 is 0 Å². The normalized spacial score (nSPS) is 12.2. The number of hydrogen-bond acceptors (Lipinski definition) is 5. The number of pyridine rings is 1. The summed E-state index contributed by atoms with van der Waals surface area (Å²) < 4.78 is 24.7. The smallest absolute Gasteiger partial charge is 0.163 e. The molecule has 0 unspecified atom stereocenters. The van der Waals surface area contributed by atoms with E-state index in [0.29, 0.717) is 52.6 Å². The van der Waals surface area contributed by atoms with Crippen molar-refractivity contribution >= 4 is 34.7 Å². The largest absolute Gasteiger partial charge is 0.486 e. The second-order valence-electron chi connectivity index (χ2n) is 5.30. The summed E-state index contributed by atoms with van der Waals surface area (Å²) in [6.07, 6.45) is 1.47. The van der Waals surface area contributed by atoms with Crippen LogP contribution >= 0.6 is 12.4 Å². The Morgan fingerprint density at radius 3 is 2.68 bits per heavy atom. The van der Waals surface area contributed by atoms with Gasteiger partial charge in [-0.3, -0.25) is 4.98 Å². The summed E-state index contributed by atoms with van der Waals surface area (Å²) in [5, 5.41) is 13.1. The van der Waals surface area contributed by atoms with Crippen LogP contribution in [-0.4, -0.2) is 18.2 Å².